The van der Waals surface area contributed by atoms with Gasteiger partial charge in [0, 0.05) is 28.4 Å². The van der Waals surface area contributed by atoms with Gasteiger partial charge in [-0.3, -0.25) is 4.79 Å². The van der Waals surface area contributed by atoms with E-state index in [1.165, 1.54) is 4.88 Å². The predicted molar refractivity (Wildman–Crippen MR) is 119 cm³/mol. The predicted octanol–water partition coefficient (Wildman–Crippen LogP) is 4.26. The van der Waals surface area contributed by atoms with Crippen molar-refractivity contribution in [1.29, 1.82) is 0 Å². The van der Waals surface area contributed by atoms with Crippen LogP contribution < -0.4 is 10.1 Å². The van der Waals surface area contributed by atoms with E-state index in [9.17, 15) is 4.79 Å². The number of amides is 1. The Morgan fingerprint density at radius 1 is 1.21 bits per heavy atom. The fourth-order valence-corrected chi connectivity index (χ4v) is 4.32. The summed E-state index contributed by atoms with van der Waals surface area (Å²) in [5, 5.41) is 5.20. The van der Waals surface area contributed by atoms with Crippen LogP contribution in [0.3, 0.4) is 0 Å². The first-order chi connectivity index (χ1) is 13.9. The highest BCUT2D eigenvalue weighted by Gasteiger charge is 2.21. The molecule has 0 aliphatic rings. The first-order valence-electron chi connectivity index (χ1n) is 9.69. The van der Waals surface area contributed by atoms with Crippen LogP contribution in [0.4, 0.5) is 0 Å². The van der Waals surface area contributed by atoms with Gasteiger partial charge in [-0.25, -0.2) is 0 Å². The first-order valence-corrected chi connectivity index (χ1v) is 10.6. The van der Waals surface area contributed by atoms with Crippen LogP contribution in [-0.4, -0.2) is 43.1 Å². The first kappa shape index (κ1) is 21.1. The van der Waals surface area contributed by atoms with E-state index in [4.69, 9.17) is 4.74 Å². The molecule has 6 heteroatoms. The number of nitrogens with one attached hydrogen (secondary N) is 1. The number of ether oxygens (including phenoxy) is 1. The molecule has 0 radical (unpaired) electrons. The zero-order valence-corrected chi connectivity index (χ0v) is 18.5. The molecule has 0 fully saturated rings. The normalized spacial score (nSPS) is 12.2. The standard InChI is InChI=1S/C23H29N3O2S/c1-16-13-20(17(2)26(16)15-18-9-8-12-29-18)23(27)24-14-21(25(3)4)19-10-6-7-11-22(19)28-5/h6-13,21H,14-15H2,1-5H3,(H,24,27). The van der Waals surface area contributed by atoms with Crippen molar-refractivity contribution in [3.8, 4) is 5.75 Å². The smallest absolute Gasteiger partial charge is 0.253 e. The minimum Gasteiger partial charge on any atom is -0.496 e. The fraction of sp³-hybridized carbons (Fsp3) is 0.348. The molecule has 5 nitrogen and oxygen atoms in total. The summed E-state index contributed by atoms with van der Waals surface area (Å²) in [5.41, 5.74) is 3.88. The van der Waals surface area contributed by atoms with Gasteiger partial charge in [0.25, 0.3) is 5.91 Å². The van der Waals surface area contributed by atoms with Crippen molar-refractivity contribution < 1.29 is 9.53 Å². The van der Waals surface area contributed by atoms with Gasteiger partial charge in [0.1, 0.15) is 5.75 Å². The number of thiophene rings is 1. The molecular formula is C23H29N3O2S. The molecule has 29 heavy (non-hydrogen) atoms. The van der Waals surface area contributed by atoms with Crippen LogP contribution in [0.15, 0.2) is 47.8 Å². The lowest BCUT2D eigenvalue weighted by Gasteiger charge is -2.26. The van der Waals surface area contributed by atoms with Crippen LogP contribution in [0.2, 0.25) is 0 Å². The zero-order valence-electron chi connectivity index (χ0n) is 17.7. The van der Waals surface area contributed by atoms with Crippen LogP contribution in [0.25, 0.3) is 0 Å². The van der Waals surface area contributed by atoms with Crippen molar-refractivity contribution in [2.45, 2.75) is 26.4 Å². The van der Waals surface area contributed by atoms with Gasteiger partial charge in [0.05, 0.1) is 25.3 Å². The highest BCUT2D eigenvalue weighted by atomic mass is 32.1. The maximum Gasteiger partial charge on any atom is 0.253 e. The quantitative estimate of drug-likeness (QED) is 0.603. The van der Waals surface area contributed by atoms with E-state index in [1.807, 2.05) is 51.4 Å². The Hall–Kier alpha value is -2.57. The van der Waals surface area contributed by atoms with Gasteiger partial charge >= 0.3 is 0 Å². The lowest BCUT2D eigenvalue weighted by Crippen LogP contribution is -2.35. The molecule has 154 valence electrons. The monoisotopic (exact) mass is 411 g/mol. The molecule has 0 aliphatic heterocycles. The maximum absolute atomic E-state index is 13.0. The third-order valence-corrected chi connectivity index (χ3v) is 6.15. The summed E-state index contributed by atoms with van der Waals surface area (Å²) in [4.78, 5) is 16.4. The molecule has 0 spiro atoms. The molecule has 3 aromatic rings. The molecule has 1 amide bonds. The number of para-hydroxylation sites is 1. The van der Waals surface area contributed by atoms with Gasteiger partial charge in [-0.15, -0.1) is 11.3 Å². The zero-order chi connectivity index (χ0) is 21.0. The van der Waals surface area contributed by atoms with Gasteiger partial charge in [-0.2, -0.15) is 0 Å². The summed E-state index contributed by atoms with van der Waals surface area (Å²) >= 11 is 1.73. The number of hydrogen-bond donors (Lipinski definition) is 1. The Balaban J connectivity index is 1.76. The molecule has 1 unspecified atom stereocenters. The summed E-state index contributed by atoms with van der Waals surface area (Å²) in [6.45, 7) is 5.36. The van der Waals surface area contributed by atoms with Gasteiger partial charge in [-0.05, 0) is 51.5 Å². The number of hydrogen-bond acceptors (Lipinski definition) is 4. The maximum atomic E-state index is 13.0. The Kier molecular flexibility index (Phi) is 6.77. The van der Waals surface area contributed by atoms with E-state index in [-0.39, 0.29) is 11.9 Å². The molecular weight excluding hydrogens is 382 g/mol. The number of benzene rings is 1. The summed E-state index contributed by atoms with van der Waals surface area (Å²) < 4.78 is 7.71. The highest BCUT2D eigenvalue weighted by molar-refractivity contribution is 7.09. The van der Waals surface area contributed by atoms with Gasteiger partial charge < -0.3 is 19.5 Å². The fourth-order valence-electron chi connectivity index (χ4n) is 3.63. The van der Waals surface area contributed by atoms with Crippen molar-refractivity contribution in [1.82, 2.24) is 14.8 Å². The highest BCUT2D eigenvalue weighted by Crippen LogP contribution is 2.27. The van der Waals surface area contributed by atoms with Crippen LogP contribution in [0.5, 0.6) is 5.75 Å². The van der Waals surface area contributed by atoms with E-state index in [0.29, 0.717) is 6.54 Å². The van der Waals surface area contributed by atoms with E-state index in [2.05, 4.69) is 39.2 Å². The van der Waals surface area contributed by atoms with Crippen molar-refractivity contribution in [3.63, 3.8) is 0 Å². The lowest BCUT2D eigenvalue weighted by molar-refractivity contribution is 0.0940. The average molecular weight is 412 g/mol. The van der Waals surface area contributed by atoms with Crippen molar-refractivity contribution >= 4 is 17.2 Å². The third kappa shape index (κ3) is 4.71. The Bertz CT molecular complexity index is 961. The summed E-state index contributed by atoms with van der Waals surface area (Å²) in [5.74, 6) is 0.784. The molecule has 1 aromatic carbocycles. The second kappa shape index (κ2) is 9.29. The number of carbonyl (C=O) groups excluding carboxylic acids is 1. The van der Waals surface area contributed by atoms with E-state index >= 15 is 0 Å². The second-order valence-electron chi connectivity index (χ2n) is 7.38. The summed E-state index contributed by atoms with van der Waals surface area (Å²) in [7, 11) is 5.69. The Morgan fingerprint density at radius 2 is 1.97 bits per heavy atom. The van der Waals surface area contributed by atoms with Gasteiger partial charge in [-0.1, -0.05) is 24.3 Å². The Labute approximate surface area is 176 Å². The largest absolute Gasteiger partial charge is 0.496 e. The molecule has 0 saturated carbocycles. The minimum atomic E-state index is -0.0442. The van der Waals surface area contributed by atoms with Crippen LogP contribution in [0, 0.1) is 13.8 Å². The molecule has 1 atom stereocenters. The number of aryl methyl sites for hydroxylation is 1. The number of likely N-dealkylation sites (N-methyl/N-ethyl adjacent to an activating group) is 1. The molecule has 0 bridgehead atoms. The third-order valence-electron chi connectivity index (χ3n) is 5.29. The number of carbonyl (C=O) groups is 1. The van der Waals surface area contributed by atoms with Crippen molar-refractivity contribution in [2.75, 3.05) is 27.7 Å². The lowest BCUT2D eigenvalue weighted by atomic mass is 10.0. The number of aromatic nitrogens is 1. The van der Waals surface area contributed by atoms with Crippen LogP contribution in [-0.2, 0) is 6.54 Å². The molecule has 1 N–H and O–H groups in total. The summed E-state index contributed by atoms with van der Waals surface area (Å²) in [6.07, 6.45) is 0. The van der Waals surface area contributed by atoms with E-state index in [0.717, 1.165) is 34.8 Å². The molecule has 2 heterocycles. The van der Waals surface area contributed by atoms with Crippen molar-refractivity contribution in [3.05, 3.63) is 75.2 Å². The number of nitrogens with zero attached hydrogens (tertiary/aromatic N) is 2. The van der Waals surface area contributed by atoms with E-state index in [1.54, 1.807) is 18.4 Å². The SMILES string of the molecule is COc1ccccc1C(CNC(=O)c1cc(C)n(Cc2cccs2)c1C)N(C)C. The van der Waals surface area contributed by atoms with Gasteiger partial charge in [0.2, 0.25) is 0 Å². The summed E-state index contributed by atoms with van der Waals surface area (Å²) in [6, 6.07) is 14.1. The molecule has 3 rings (SSSR count). The van der Waals surface area contributed by atoms with Crippen molar-refractivity contribution in [2.24, 2.45) is 0 Å². The molecule has 0 saturated heterocycles. The number of rotatable bonds is 8. The second-order valence-corrected chi connectivity index (χ2v) is 8.41. The Morgan fingerprint density at radius 3 is 2.62 bits per heavy atom. The van der Waals surface area contributed by atoms with Crippen LogP contribution >= 0.6 is 11.3 Å². The topological polar surface area (TPSA) is 46.5 Å². The van der Waals surface area contributed by atoms with Gasteiger partial charge in [0.15, 0.2) is 0 Å². The van der Waals surface area contributed by atoms with Crippen LogP contribution in [0.1, 0.15) is 38.2 Å². The minimum absolute atomic E-state index is 0.0182. The average Bonchev–Trinajstić information content (AvgIpc) is 3.32. The number of methoxy groups -OCH3 is 1. The molecule has 0 aliphatic carbocycles. The molecule has 2 aromatic heterocycles. The van der Waals surface area contributed by atoms with E-state index < -0.39 is 0 Å².